The van der Waals surface area contributed by atoms with Crippen molar-refractivity contribution < 1.29 is 14.6 Å². The Hall–Kier alpha value is -1.99. The summed E-state index contributed by atoms with van der Waals surface area (Å²) in [5.41, 5.74) is 1.96. The summed E-state index contributed by atoms with van der Waals surface area (Å²) < 4.78 is 5.62. The molecule has 0 bridgehead atoms. The minimum Gasteiger partial charge on any atom is -0.491 e. The van der Waals surface area contributed by atoms with Crippen LogP contribution in [0.3, 0.4) is 0 Å². The summed E-state index contributed by atoms with van der Waals surface area (Å²) in [6.07, 6.45) is 2.84. The van der Waals surface area contributed by atoms with E-state index in [9.17, 15) is 9.90 Å². The molecule has 0 saturated carbocycles. The van der Waals surface area contributed by atoms with Crippen molar-refractivity contribution in [1.82, 2.24) is 15.5 Å². The zero-order valence-corrected chi connectivity index (χ0v) is 15.6. The van der Waals surface area contributed by atoms with Gasteiger partial charge in [0.25, 0.3) is 5.91 Å². The van der Waals surface area contributed by atoms with Gasteiger partial charge in [0.05, 0.1) is 24.4 Å². The Kier molecular flexibility index (Phi) is 7.33. The number of nitrogens with zero attached hydrogens (tertiary/aromatic N) is 1. The number of aliphatic hydroxyl groups is 1. The number of ether oxygens (including phenoxy) is 1. The molecule has 0 aliphatic carbocycles. The highest BCUT2D eigenvalue weighted by molar-refractivity contribution is 7.98. The molecule has 25 heavy (non-hydrogen) atoms. The summed E-state index contributed by atoms with van der Waals surface area (Å²) in [6.45, 7) is 3.88. The molecule has 0 radical (unpaired) electrons. The van der Waals surface area contributed by atoms with Crippen LogP contribution in [-0.2, 0) is 0 Å². The third-order valence-electron chi connectivity index (χ3n) is 3.57. The normalized spacial score (nSPS) is 12.2. The van der Waals surface area contributed by atoms with Crippen LogP contribution in [0.4, 0.5) is 0 Å². The Bertz CT molecular complexity index is 670. The number of hydrogen-bond donors (Lipinski definition) is 3. The number of aromatic nitrogens is 2. The van der Waals surface area contributed by atoms with Gasteiger partial charge in [-0.15, -0.1) is 0 Å². The maximum absolute atomic E-state index is 12.3. The monoisotopic (exact) mass is 363 g/mol. The summed E-state index contributed by atoms with van der Waals surface area (Å²) in [5, 5.41) is 19.1. The Balaban J connectivity index is 2.02. The fraction of sp³-hybridized carbons (Fsp3) is 0.444. The number of H-pyrrole nitrogens is 1. The first kappa shape index (κ1) is 19.3. The Morgan fingerprint density at radius 2 is 2.08 bits per heavy atom. The summed E-state index contributed by atoms with van der Waals surface area (Å²) in [5.74, 6) is 1.41. The number of thioether (sulfide) groups is 1. The lowest BCUT2D eigenvalue weighted by atomic mass is 10.1. The zero-order valence-electron chi connectivity index (χ0n) is 14.8. The molecule has 6 nitrogen and oxygen atoms in total. The van der Waals surface area contributed by atoms with Gasteiger partial charge in [-0.25, -0.2) is 0 Å². The molecular weight excluding hydrogens is 338 g/mol. The molecule has 1 aromatic heterocycles. The molecule has 2 aromatic rings. The fourth-order valence-corrected chi connectivity index (χ4v) is 2.81. The summed E-state index contributed by atoms with van der Waals surface area (Å²) in [7, 11) is 0. The largest absolute Gasteiger partial charge is 0.491 e. The highest BCUT2D eigenvalue weighted by atomic mass is 32.2. The Morgan fingerprint density at radius 3 is 2.68 bits per heavy atom. The topological polar surface area (TPSA) is 87.2 Å². The van der Waals surface area contributed by atoms with Gasteiger partial charge < -0.3 is 15.2 Å². The van der Waals surface area contributed by atoms with Crippen LogP contribution in [-0.4, -0.2) is 52.0 Å². The fourth-order valence-electron chi connectivity index (χ4n) is 2.29. The molecular formula is C18H25N3O3S. The van der Waals surface area contributed by atoms with Gasteiger partial charge >= 0.3 is 0 Å². The standard InChI is InChI=1S/C18H25N3O3S/c1-12(2)24-15-6-4-13(5-7-15)16-10-17(21-20-16)18(23)19-14(11-22)8-9-25-3/h4-7,10,12,14,22H,8-9,11H2,1-3H3,(H,19,23)(H,20,21)/t14-/m1/s1. The van der Waals surface area contributed by atoms with Crippen LogP contribution in [0.5, 0.6) is 5.75 Å². The van der Waals surface area contributed by atoms with Gasteiger partial charge in [-0.1, -0.05) is 0 Å². The maximum Gasteiger partial charge on any atom is 0.269 e. The van der Waals surface area contributed by atoms with E-state index in [-0.39, 0.29) is 24.7 Å². The molecule has 1 atom stereocenters. The van der Waals surface area contributed by atoms with Crippen molar-refractivity contribution in [3.63, 3.8) is 0 Å². The molecule has 136 valence electrons. The van der Waals surface area contributed by atoms with E-state index in [0.717, 1.165) is 23.5 Å². The minimum atomic E-state index is -0.265. The number of nitrogens with one attached hydrogen (secondary N) is 2. The van der Waals surface area contributed by atoms with E-state index in [1.807, 2.05) is 44.4 Å². The van der Waals surface area contributed by atoms with Crippen LogP contribution in [0.15, 0.2) is 30.3 Å². The van der Waals surface area contributed by atoms with E-state index in [2.05, 4.69) is 15.5 Å². The maximum atomic E-state index is 12.3. The first-order chi connectivity index (χ1) is 12.0. The van der Waals surface area contributed by atoms with Gasteiger partial charge in [-0.05, 0) is 62.6 Å². The van der Waals surface area contributed by atoms with Gasteiger partial charge in [0.15, 0.2) is 0 Å². The molecule has 0 aliphatic heterocycles. The van der Waals surface area contributed by atoms with Crippen LogP contribution in [0.25, 0.3) is 11.3 Å². The summed E-state index contributed by atoms with van der Waals surface area (Å²) >= 11 is 1.68. The SMILES string of the molecule is CSCC[C@H](CO)NC(=O)c1cc(-c2ccc(OC(C)C)cc2)n[nH]1. The number of carbonyl (C=O) groups is 1. The lowest BCUT2D eigenvalue weighted by molar-refractivity contribution is 0.0910. The molecule has 1 heterocycles. The highest BCUT2D eigenvalue weighted by Crippen LogP contribution is 2.22. The third-order valence-corrected chi connectivity index (χ3v) is 4.21. The van der Waals surface area contributed by atoms with Gasteiger partial charge in [-0.3, -0.25) is 9.89 Å². The average molecular weight is 363 g/mol. The number of rotatable bonds is 9. The van der Waals surface area contributed by atoms with Crippen LogP contribution < -0.4 is 10.1 Å². The second-order valence-electron chi connectivity index (χ2n) is 5.99. The molecule has 0 saturated heterocycles. The van der Waals surface area contributed by atoms with Gasteiger partial charge in [0, 0.05) is 5.56 Å². The average Bonchev–Trinajstić information content (AvgIpc) is 3.08. The number of carbonyl (C=O) groups excluding carboxylic acids is 1. The van der Waals surface area contributed by atoms with E-state index in [0.29, 0.717) is 11.4 Å². The van der Waals surface area contributed by atoms with Gasteiger partial charge in [0.1, 0.15) is 11.4 Å². The van der Waals surface area contributed by atoms with E-state index in [4.69, 9.17) is 4.74 Å². The second-order valence-corrected chi connectivity index (χ2v) is 6.98. The van der Waals surface area contributed by atoms with Crippen molar-refractivity contribution in [3.05, 3.63) is 36.0 Å². The summed E-state index contributed by atoms with van der Waals surface area (Å²) in [6, 6.07) is 9.03. The molecule has 1 amide bonds. The summed E-state index contributed by atoms with van der Waals surface area (Å²) in [4.78, 5) is 12.3. The Morgan fingerprint density at radius 1 is 1.36 bits per heavy atom. The van der Waals surface area contributed by atoms with Crippen molar-refractivity contribution in [2.75, 3.05) is 18.6 Å². The molecule has 3 N–H and O–H groups in total. The lowest BCUT2D eigenvalue weighted by Crippen LogP contribution is -2.38. The van der Waals surface area contributed by atoms with E-state index in [1.54, 1.807) is 17.8 Å². The molecule has 0 fully saturated rings. The van der Waals surface area contributed by atoms with Crippen LogP contribution >= 0.6 is 11.8 Å². The van der Waals surface area contributed by atoms with Crippen molar-refractivity contribution in [2.45, 2.75) is 32.4 Å². The molecule has 2 rings (SSSR count). The van der Waals surface area contributed by atoms with Crippen LogP contribution in [0.2, 0.25) is 0 Å². The number of benzene rings is 1. The van der Waals surface area contributed by atoms with E-state index >= 15 is 0 Å². The predicted octanol–water partition coefficient (Wildman–Crippen LogP) is 2.71. The highest BCUT2D eigenvalue weighted by Gasteiger charge is 2.15. The lowest BCUT2D eigenvalue weighted by Gasteiger charge is -2.14. The van der Waals surface area contributed by atoms with E-state index in [1.165, 1.54) is 0 Å². The zero-order chi connectivity index (χ0) is 18.2. The quantitative estimate of drug-likeness (QED) is 0.638. The minimum absolute atomic E-state index is 0.0788. The number of aliphatic hydroxyl groups excluding tert-OH is 1. The van der Waals surface area contributed by atoms with Crippen molar-refractivity contribution in [1.29, 1.82) is 0 Å². The van der Waals surface area contributed by atoms with Crippen molar-refractivity contribution >= 4 is 17.7 Å². The second kappa shape index (κ2) is 9.48. The van der Waals surface area contributed by atoms with Crippen LogP contribution in [0, 0.1) is 0 Å². The first-order valence-corrected chi connectivity index (χ1v) is 9.66. The number of hydrogen-bond acceptors (Lipinski definition) is 5. The van der Waals surface area contributed by atoms with E-state index < -0.39 is 0 Å². The first-order valence-electron chi connectivity index (χ1n) is 8.26. The molecule has 0 unspecified atom stereocenters. The molecule has 0 aliphatic rings. The van der Waals surface area contributed by atoms with Crippen molar-refractivity contribution in [2.24, 2.45) is 0 Å². The predicted molar refractivity (Wildman–Crippen MR) is 101 cm³/mol. The third kappa shape index (κ3) is 5.79. The Labute approximate surface area is 152 Å². The molecule has 1 aromatic carbocycles. The molecule has 0 spiro atoms. The number of aromatic amines is 1. The van der Waals surface area contributed by atoms with Gasteiger partial charge in [0.2, 0.25) is 0 Å². The van der Waals surface area contributed by atoms with Gasteiger partial charge in [-0.2, -0.15) is 16.9 Å². The van der Waals surface area contributed by atoms with Crippen molar-refractivity contribution in [3.8, 4) is 17.0 Å². The number of amides is 1. The molecule has 7 heteroatoms. The van der Waals surface area contributed by atoms with Crippen LogP contribution in [0.1, 0.15) is 30.8 Å². The smallest absolute Gasteiger partial charge is 0.269 e.